The van der Waals surface area contributed by atoms with Crippen LogP contribution < -0.4 is 0 Å². The Morgan fingerprint density at radius 2 is 1.58 bits per heavy atom. The Hall–Kier alpha value is -3.80. The van der Waals surface area contributed by atoms with E-state index in [1.54, 1.807) is 31.0 Å². The van der Waals surface area contributed by atoms with Gasteiger partial charge in [0.25, 0.3) is 0 Å². The molecule has 6 heteroatoms. The number of hydrogen-bond donors (Lipinski definition) is 0. The second kappa shape index (κ2) is 4.86. The summed E-state index contributed by atoms with van der Waals surface area (Å²) in [7, 11) is 0. The van der Waals surface area contributed by atoms with Gasteiger partial charge in [0.05, 0.1) is 17.3 Å². The summed E-state index contributed by atoms with van der Waals surface area (Å²) < 4.78 is 11.8. The molecule has 6 aromatic rings. The van der Waals surface area contributed by atoms with E-state index >= 15 is 0 Å². The first-order valence-electron chi connectivity index (χ1n) is 8.13. The zero-order chi connectivity index (χ0) is 17.1. The Morgan fingerprint density at radius 1 is 0.654 bits per heavy atom. The first-order chi connectivity index (χ1) is 12.9. The molecule has 6 heterocycles. The maximum atomic E-state index is 5.90. The maximum Gasteiger partial charge on any atom is 0.155 e. The summed E-state index contributed by atoms with van der Waals surface area (Å²) in [5, 5.41) is 1.85. The van der Waals surface area contributed by atoms with Crippen LogP contribution >= 0.6 is 0 Å². The van der Waals surface area contributed by atoms with E-state index in [-0.39, 0.29) is 0 Å². The molecule has 0 N–H and O–H groups in total. The molecule has 0 fully saturated rings. The molecule has 0 aromatic carbocycles. The molecular weight excluding hydrogens is 328 g/mol. The Balaban J connectivity index is 1.57. The molecule has 0 amide bonds. The molecule has 122 valence electrons. The van der Waals surface area contributed by atoms with Crippen molar-refractivity contribution in [3.8, 4) is 11.3 Å². The predicted molar refractivity (Wildman–Crippen MR) is 97.6 cm³/mol. The number of aromatic nitrogens is 4. The van der Waals surface area contributed by atoms with Gasteiger partial charge in [-0.3, -0.25) is 19.9 Å². The number of pyridine rings is 4. The van der Waals surface area contributed by atoms with Crippen LogP contribution in [0.25, 0.3) is 55.4 Å². The fourth-order valence-electron chi connectivity index (χ4n) is 3.29. The second-order valence-electron chi connectivity index (χ2n) is 6.06. The lowest BCUT2D eigenvalue weighted by Gasteiger charge is -2.00. The van der Waals surface area contributed by atoms with Gasteiger partial charge in [0.1, 0.15) is 16.6 Å². The molecule has 6 nitrogen and oxygen atoms in total. The van der Waals surface area contributed by atoms with Gasteiger partial charge in [-0.2, -0.15) is 0 Å². The van der Waals surface area contributed by atoms with Gasteiger partial charge in [0.2, 0.25) is 0 Å². The van der Waals surface area contributed by atoms with E-state index in [9.17, 15) is 0 Å². The number of hydrogen-bond acceptors (Lipinski definition) is 6. The summed E-state index contributed by atoms with van der Waals surface area (Å²) in [5.74, 6) is 0. The van der Waals surface area contributed by atoms with Crippen LogP contribution in [0.15, 0.2) is 70.2 Å². The zero-order valence-corrected chi connectivity index (χ0v) is 13.4. The van der Waals surface area contributed by atoms with Crippen molar-refractivity contribution in [2.24, 2.45) is 0 Å². The molecule has 26 heavy (non-hydrogen) atoms. The van der Waals surface area contributed by atoms with Crippen LogP contribution in [0.4, 0.5) is 0 Å². The highest BCUT2D eigenvalue weighted by Gasteiger charge is 2.13. The van der Waals surface area contributed by atoms with Gasteiger partial charge >= 0.3 is 0 Å². The van der Waals surface area contributed by atoms with Gasteiger partial charge in [-0.1, -0.05) is 0 Å². The molecule has 0 unspecified atom stereocenters. The quantitative estimate of drug-likeness (QED) is 0.431. The van der Waals surface area contributed by atoms with Crippen LogP contribution in [0.3, 0.4) is 0 Å². The Bertz CT molecular complexity index is 1340. The van der Waals surface area contributed by atoms with E-state index in [0.717, 1.165) is 49.8 Å². The average Bonchev–Trinajstić information content (AvgIpc) is 3.24. The molecule has 0 aliphatic heterocycles. The fourth-order valence-corrected chi connectivity index (χ4v) is 3.29. The summed E-state index contributed by atoms with van der Waals surface area (Å²) in [6, 6.07) is 9.51. The van der Waals surface area contributed by atoms with Crippen molar-refractivity contribution in [1.29, 1.82) is 0 Å². The normalized spacial score (nSPS) is 11.8. The van der Waals surface area contributed by atoms with Crippen molar-refractivity contribution >= 4 is 44.1 Å². The van der Waals surface area contributed by atoms with Crippen LogP contribution in [0.1, 0.15) is 0 Å². The molecule has 0 saturated carbocycles. The lowest BCUT2D eigenvalue weighted by atomic mass is 10.1. The third-order valence-corrected chi connectivity index (χ3v) is 4.52. The van der Waals surface area contributed by atoms with E-state index < -0.39 is 0 Å². The van der Waals surface area contributed by atoms with Crippen molar-refractivity contribution in [2.75, 3.05) is 0 Å². The molecule has 6 aromatic heterocycles. The molecule has 6 rings (SSSR count). The highest BCUT2D eigenvalue weighted by Crippen LogP contribution is 2.32. The molecule has 0 spiro atoms. The zero-order valence-electron chi connectivity index (χ0n) is 13.4. The Morgan fingerprint density at radius 3 is 2.58 bits per heavy atom. The number of fused-ring (bicyclic) bond motifs is 6. The maximum absolute atomic E-state index is 5.90. The lowest BCUT2D eigenvalue weighted by Crippen LogP contribution is -1.85. The summed E-state index contributed by atoms with van der Waals surface area (Å²) in [5.41, 5.74) is 6.19. The van der Waals surface area contributed by atoms with Gasteiger partial charge in [-0.05, 0) is 24.3 Å². The lowest BCUT2D eigenvalue weighted by molar-refractivity contribution is 0.665. The van der Waals surface area contributed by atoms with Crippen LogP contribution in [0.2, 0.25) is 0 Å². The van der Waals surface area contributed by atoms with Crippen molar-refractivity contribution in [2.45, 2.75) is 0 Å². The second-order valence-corrected chi connectivity index (χ2v) is 6.06. The van der Waals surface area contributed by atoms with E-state index in [4.69, 9.17) is 8.83 Å². The van der Waals surface area contributed by atoms with E-state index in [2.05, 4.69) is 19.9 Å². The summed E-state index contributed by atoms with van der Waals surface area (Å²) in [6.45, 7) is 0. The molecule has 0 radical (unpaired) electrons. The molecule has 0 atom stereocenters. The summed E-state index contributed by atoms with van der Waals surface area (Å²) in [6.07, 6.45) is 8.77. The minimum atomic E-state index is 0.707. The van der Waals surface area contributed by atoms with Crippen LogP contribution in [0, 0.1) is 0 Å². The van der Waals surface area contributed by atoms with Crippen LogP contribution in [-0.4, -0.2) is 19.9 Å². The number of nitrogens with zero attached hydrogens (tertiary/aromatic N) is 4. The summed E-state index contributed by atoms with van der Waals surface area (Å²) in [4.78, 5) is 17.6. The smallest absolute Gasteiger partial charge is 0.155 e. The minimum absolute atomic E-state index is 0.707. The molecule has 0 bridgehead atoms. The molecule has 0 aliphatic carbocycles. The topological polar surface area (TPSA) is 77.8 Å². The minimum Gasteiger partial charge on any atom is -0.454 e. The largest absolute Gasteiger partial charge is 0.454 e. The van der Waals surface area contributed by atoms with Crippen molar-refractivity contribution in [3.05, 3.63) is 61.3 Å². The number of furan rings is 2. The third kappa shape index (κ3) is 1.81. The molecule has 0 aliphatic rings. The van der Waals surface area contributed by atoms with Gasteiger partial charge in [-0.25, -0.2) is 0 Å². The van der Waals surface area contributed by atoms with Crippen molar-refractivity contribution in [3.63, 3.8) is 0 Å². The molecule has 0 saturated heterocycles. The first kappa shape index (κ1) is 13.5. The summed E-state index contributed by atoms with van der Waals surface area (Å²) >= 11 is 0. The Labute approximate surface area is 146 Å². The number of rotatable bonds is 1. The first-order valence-corrected chi connectivity index (χ1v) is 8.13. The fraction of sp³-hybridized carbons (Fsp3) is 0. The monoisotopic (exact) mass is 338 g/mol. The van der Waals surface area contributed by atoms with Gasteiger partial charge in [-0.15, -0.1) is 0 Å². The SMILES string of the molecule is c1cnc2c(c1)oc1cc(-c3cnc4c(c3)oc3cnccc34)ncc12. The standard InChI is InChI=1S/C20H10N4O2/c1-2-15-20(22-4-1)13-9-23-14(7-16(13)25-15)11-6-17-19(24-8-11)12-3-5-21-10-18(12)26-17/h1-10H. The average molecular weight is 338 g/mol. The highest BCUT2D eigenvalue weighted by molar-refractivity contribution is 6.04. The van der Waals surface area contributed by atoms with Crippen LogP contribution in [0.5, 0.6) is 0 Å². The van der Waals surface area contributed by atoms with Crippen LogP contribution in [-0.2, 0) is 0 Å². The van der Waals surface area contributed by atoms with Gasteiger partial charge in [0.15, 0.2) is 16.7 Å². The van der Waals surface area contributed by atoms with Crippen molar-refractivity contribution in [1.82, 2.24) is 19.9 Å². The van der Waals surface area contributed by atoms with E-state index in [0.29, 0.717) is 5.58 Å². The Kier molecular flexibility index (Phi) is 2.52. The van der Waals surface area contributed by atoms with E-state index in [1.165, 1.54) is 0 Å². The highest BCUT2D eigenvalue weighted by atomic mass is 16.3. The van der Waals surface area contributed by atoms with Crippen molar-refractivity contribution < 1.29 is 8.83 Å². The van der Waals surface area contributed by atoms with Gasteiger partial charge in [0, 0.05) is 41.8 Å². The predicted octanol–water partition coefficient (Wildman–Crippen LogP) is 4.73. The third-order valence-electron chi connectivity index (χ3n) is 4.52. The van der Waals surface area contributed by atoms with E-state index in [1.807, 2.05) is 30.3 Å². The molecular formula is C20H10N4O2. The van der Waals surface area contributed by atoms with Gasteiger partial charge < -0.3 is 8.83 Å².